The number of carbonyl (C=O) groups excluding carboxylic acids is 1. The maximum atomic E-state index is 13.1. The number of piperazine rings is 1. The molecule has 2 aliphatic rings. The third-order valence-electron chi connectivity index (χ3n) is 5.92. The van der Waals surface area contributed by atoms with Crippen LogP contribution in [0.2, 0.25) is 0 Å². The van der Waals surface area contributed by atoms with Crippen molar-refractivity contribution < 1.29 is 14.3 Å². The molecule has 0 atom stereocenters. The van der Waals surface area contributed by atoms with Crippen molar-refractivity contribution in [2.45, 2.75) is 12.8 Å². The van der Waals surface area contributed by atoms with Crippen molar-refractivity contribution in [2.24, 2.45) is 0 Å². The molecule has 0 aliphatic carbocycles. The first-order chi connectivity index (χ1) is 15.3. The normalized spacial score (nSPS) is 17.1. The SMILES string of the molecule is COCC1=COc2ccccc2C(=O)N1CCCCN1CCN(c2ccccc2)CC1. The number of hydrogen-bond acceptors (Lipinski definition) is 5. The fraction of sp³-hybridized carbons (Fsp3) is 0.400. The van der Waals surface area contributed by atoms with Crippen LogP contribution in [0.4, 0.5) is 5.69 Å². The Hall–Kier alpha value is -2.83. The minimum Gasteiger partial charge on any atom is -0.462 e. The maximum Gasteiger partial charge on any atom is 0.261 e. The quantitative estimate of drug-likeness (QED) is 0.610. The van der Waals surface area contributed by atoms with E-state index in [0.717, 1.165) is 51.3 Å². The Morgan fingerprint density at radius 1 is 0.903 bits per heavy atom. The summed E-state index contributed by atoms with van der Waals surface area (Å²) in [7, 11) is 1.64. The van der Waals surface area contributed by atoms with Crippen LogP contribution < -0.4 is 9.64 Å². The molecular weight excluding hydrogens is 390 g/mol. The van der Waals surface area contributed by atoms with Gasteiger partial charge in [-0.05, 0) is 43.7 Å². The third-order valence-corrected chi connectivity index (χ3v) is 5.92. The standard InChI is InChI=1S/C25H31N3O3/c1-30-19-22-20-31-24-12-6-5-11-23(24)25(29)28(22)14-8-7-13-26-15-17-27(18-16-26)21-9-3-2-4-10-21/h2-6,9-12,20H,7-8,13-19H2,1H3. The molecule has 0 saturated carbocycles. The number of rotatable bonds is 8. The van der Waals surface area contributed by atoms with Gasteiger partial charge in [0.25, 0.3) is 5.91 Å². The molecule has 4 rings (SSSR count). The summed E-state index contributed by atoms with van der Waals surface area (Å²) >= 11 is 0. The summed E-state index contributed by atoms with van der Waals surface area (Å²) in [6.07, 6.45) is 3.64. The molecule has 0 aromatic heterocycles. The first kappa shape index (κ1) is 21.4. The van der Waals surface area contributed by atoms with E-state index in [4.69, 9.17) is 9.47 Å². The van der Waals surface area contributed by atoms with Crippen LogP contribution in [0.5, 0.6) is 5.75 Å². The number of ether oxygens (including phenoxy) is 2. The number of anilines is 1. The van der Waals surface area contributed by atoms with Crippen molar-refractivity contribution in [3.63, 3.8) is 0 Å². The number of unbranched alkanes of at least 4 members (excludes halogenated alkanes) is 1. The molecule has 1 fully saturated rings. The van der Waals surface area contributed by atoms with Gasteiger partial charge in [-0.15, -0.1) is 0 Å². The van der Waals surface area contributed by atoms with Crippen LogP contribution >= 0.6 is 0 Å². The number of fused-ring (bicyclic) bond motifs is 1. The van der Waals surface area contributed by atoms with Crippen molar-refractivity contribution in [2.75, 3.05) is 57.9 Å². The van der Waals surface area contributed by atoms with Crippen LogP contribution in [0.15, 0.2) is 66.6 Å². The van der Waals surface area contributed by atoms with Crippen molar-refractivity contribution in [1.29, 1.82) is 0 Å². The highest BCUT2D eigenvalue weighted by Gasteiger charge is 2.26. The fourth-order valence-corrected chi connectivity index (χ4v) is 4.20. The van der Waals surface area contributed by atoms with E-state index in [1.54, 1.807) is 13.4 Å². The summed E-state index contributed by atoms with van der Waals surface area (Å²) in [4.78, 5) is 19.9. The number of hydrogen-bond donors (Lipinski definition) is 0. The van der Waals surface area contributed by atoms with Crippen LogP contribution in [0.1, 0.15) is 23.2 Å². The second-order valence-electron chi connectivity index (χ2n) is 7.98. The van der Waals surface area contributed by atoms with Gasteiger partial charge in [-0.25, -0.2) is 0 Å². The van der Waals surface area contributed by atoms with Gasteiger partial charge in [-0.2, -0.15) is 0 Å². The van der Waals surface area contributed by atoms with E-state index in [9.17, 15) is 4.79 Å². The van der Waals surface area contributed by atoms with Gasteiger partial charge in [0.2, 0.25) is 0 Å². The highest BCUT2D eigenvalue weighted by atomic mass is 16.5. The third kappa shape index (κ3) is 5.27. The molecule has 6 heteroatoms. The number of amides is 1. The predicted molar refractivity (Wildman–Crippen MR) is 122 cm³/mol. The second kappa shape index (κ2) is 10.5. The molecule has 2 heterocycles. The molecule has 0 bridgehead atoms. The molecule has 164 valence electrons. The number of para-hydroxylation sites is 2. The second-order valence-corrected chi connectivity index (χ2v) is 7.98. The summed E-state index contributed by atoms with van der Waals surface area (Å²) in [5.41, 5.74) is 2.67. The average molecular weight is 422 g/mol. The Morgan fingerprint density at radius 3 is 2.39 bits per heavy atom. The molecule has 2 aromatic rings. The van der Waals surface area contributed by atoms with Crippen molar-refractivity contribution >= 4 is 11.6 Å². The van der Waals surface area contributed by atoms with Gasteiger partial charge < -0.3 is 19.3 Å². The summed E-state index contributed by atoms with van der Waals surface area (Å²) in [5.74, 6) is 0.577. The molecular formula is C25H31N3O3. The molecule has 1 amide bonds. The number of benzene rings is 2. The van der Waals surface area contributed by atoms with E-state index < -0.39 is 0 Å². The van der Waals surface area contributed by atoms with Crippen LogP contribution in [0.25, 0.3) is 0 Å². The summed E-state index contributed by atoms with van der Waals surface area (Å²) in [6, 6.07) is 18.0. The van der Waals surface area contributed by atoms with Crippen molar-refractivity contribution in [1.82, 2.24) is 9.80 Å². The lowest BCUT2D eigenvalue weighted by molar-refractivity contribution is 0.0771. The largest absolute Gasteiger partial charge is 0.462 e. The van der Waals surface area contributed by atoms with E-state index in [-0.39, 0.29) is 5.91 Å². The van der Waals surface area contributed by atoms with Crippen LogP contribution in [0.3, 0.4) is 0 Å². The molecule has 6 nitrogen and oxygen atoms in total. The maximum absolute atomic E-state index is 13.1. The van der Waals surface area contributed by atoms with Gasteiger partial charge in [0.15, 0.2) is 0 Å². The lowest BCUT2D eigenvalue weighted by atomic mass is 10.1. The van der Waals surface area contributed by atoms with Crippen molar-refractivity contribution in [3.05, 3.63) is 72.1 Å². The molecule has 0 spiro atoms. The zero-order valence-corrected chi connectivity index (χ0v) is 18.2. The zero-order valence-electron chi connectivity index (χ0n) is 18.2. The number of carbonyl (C=O) groups is 1. The Bertz CT molecular complexity index is 892. The van der Waals surface area contributed by atoms with E-state index in [1.165, 1.54) is 5.69 Å². The summed E-state index contributed by atoms with van der Waals surface area (Å²) in [5, 5.41) is 0. The Balaban J connectivity index is 1.27. The highest BCUT2D eigenvalue weighted by Crippen LogP contribution is 2.26. The van der Waals surface area contributed by atoms with Crippen molar-refractivity contribution in [3.8, 4) is 5.75 Å². The molecule has 2 aliphatic heterocycles. The summed E-state index contributed by atoms with van der Waals surface area (Å²) in [6.45, 7) is 6.34. The predicted octanol–water partition coefficient (Wildman–Crippen LogP) is 3.61. The molecule has 0 N–H and O–H groups in total. The first-order valence-corrected chi connectivity index (χ1v) is 11.0. The molecule has 31 heavy (non-hydrogen) atoms. The Morgan fingerprint density at radius 2 is 1.61 bits per heavy atom. The number of methoxy groups -OCH3 is 1. The van der Waals surface area contributed by atoms with Gasteiger partial charge in [-0.1, -0.05) is 30.3 Å². The van der Waals surface area contributed by atoms with Crippen LogP contribution in [0, 0.1) is 0 Å². The number of nitrogens with zero attached hydrogens (tertiary/aromatic N) is 3. The average Bonchev–Trinajstić information content (AvgIpc) is 2.95. The minimum absolute atomic E-state index is 0.0205. The van der Waals surface area contributed by atoms with Gasteiger partial charge in [0.1, 0.15) is 12.0 Å². The molecule has 0 unspecified atom stereocenters. The Labute approximate surface area is 184 Å². The van der Waals surface area contributed by atoms with E-state index in [1.807, 2.05) is 29.2 Å². The van der Waals surface area contributed by atoms with E-state index >= 15 is 0 Å². The van der Waals surface area contributed by atoms with Crippen LogP contribution in [-0.2, 0) is 4.74 Å². The van der Waals surface area contributed by atoms with Crippen LogP contribution in [-0.4, -0.2) is 68.7 Å². The highest BCUT2D eigenvalue weighted by molar-refractivity contribution is 5.98. The van der Waals surface area contributed by atoms with Gasteiger partial charge in [-0.3, -0.25) is 9.69 Å². The molecule has 2 aromatic carbocycles. The first-order valence-electron chi connectivity index (χ1n) is 11.0. The van der Waals surface area contributed by atoms with Gasteiger partial charge in [0, 0.05) is 45.5 Å². The van der Waals surface area contributed by atoms with E-state index in [2.05, 4.69) is 40.1 Å². The Kier molecular flexibility index (Phi) is 7.22. The minimum atomic E-state index is -0.0205. The molecule has 0 radical (unpaired) electrons. The molecule has 1 saturated heterocycles. The zero-order chi connectivity index (χ0) is 21.5. The lowest BCUT2D eigenvalue weighted by Gasteiger charge is -2.36. The topological polar surface area (TPSA) is 45.3 Å². The fourth-order valence-electron chi connectivity index (χ4n) is 4.20. The van der Waals surface area contributed by atoms with E-state index in [0.29, 0.717) is 24.5 Å². The summed E-state index contributed by atoms with van der Waals surface area (Å²) < 4.78 is 11.1. The van der Waals surface area contributed by atoms with Gasteiger partial charge in [0.05, 0.1) is 17.9 Å². The monoisotopic (exact) mass is 421 g/mol. The van der Waals surface area contributed by atoms with Gasteiger partial charge >= 0.3 is 0 Å². The smallest absolute Gasteiger partial charge is 0.261 e. The lowest BCUT2D eigenvalue weighted by Crippen LogP contribution is -2.46.